The number of carbonyl (C=O) groups excluding carboxylic acids is 2. The van der Waals surface area contributed by atoms with E-state index in [2.05, 4.69) is 10.3 Å². The van der Waals surface area contributed by atoms with Crippen LogP contribution in [0.3, 0.4) is 0 Å². The van der Waals surface area contributed by atoms with Crippen LogP contribution in [-0.4, -0.2) is 66.8 Å². The molecule has 11 heteroatoms. The van der Waals surface area contributed by atoms with Gasteiger partial charge in [-0.25, -0.2) is 12.8 Å². The van der Waals surface area contributed by atoms with Crippen molar-refractivity contribution in [3.05, 3.63) is 60.2 Å². The summed E-state index contributed by atoms with van der Waals surface area (Å²) >= 11 is 0. The zero-order chi connectivity index (χ0) is 21.0. The van der Waals surface area contributed by atoms with Crippen molar-refractivity contribution >= 4 is 21.8 Å². The summed E-state index contributed by atoms with van der Waals surface area (Å²) in [5, 5.41) is 2.54. The van der Waals surface area contributed by atoms with E-state index in [4.69, 9.17) is 5.73 Å². The van der Waals surface area contributed by atoms with Gasteiger partial charge in [-0.2, -0.15) is 4.31 Å². The second-order valence-electron chi connectivity index (χ2n) is 6.26. The van der Waals surface area contributed by atoms with Gasteiger partial charge >= 0.3 is 0 Å². The first kappa shape index (κ1) is 20.8. The molecular weight excluding hydrogens is 401 g/mol. The summed E-state index contributed by atoms with van der Waals surface area (Å²) in [6, 6.07) is 7.24. The van der Waals surface area contributed by atoms with Crippen LogP contribution in [0.1, 0.15) is 10.4 Å². The Bertz CT molecular complexity index is 985. The van der Waals surface area contributed by atoms with Crippen LogP contribution in [0.15, 0.2) is 53.7 Å². The van der Waals surface area contributed by atoms with E-state index in [0.717, 1.165) is 28.6 Å². The van der Waals surface area contributed by atoms with Crippen molar-refractivity contribution in [1.29, 1.82) is 0 Å². The predicted octanol–water partition coefficient (Wildman–Crippen LogP) is -0.232. The van der Waals surface area contributed by atoms with Crippen molar-refractivity contribution in [2.24, 2.45) is 5.73 Å². The topological polar surface area (TPSA) is 126 Å². The third-order valence-corrected chi connectivity index (χ3v) is 6.28. The van der Waals surface area contributed by atoms with E-state index in [1.807, 2.05) is 0 Å². The first-order chi connectivity index (χ1) is 13.9. The molecule has 1 aliphatic rings. The molecule has 1 saturated heterocycles. The predicted molar refractivity (Wildman–Crippen MR) is 101 cm³/mol. The van der Waals surface area contributed by atoms with Crippen LogP contribution >= 0.6 is 0 Å². The minimum Gasteiger partial charge on any atom is -0.352 e. The Hall–Kier alpha value is -2.89. The summed E-state index contributed by atoms with van der Waals surface area (Å²) in [5.41, 5.74) is 5.69. The lowest BCUT2D eigenvalue weighted by Gasteiger charge is -2.28. The molecule has 9 nitrogen and oxygen atoms in total. The number of hydrogen-bond donors (Lipinski definition) is 2. The Balaban J connectivity index is 1.97. The summed E-state index contributed by atoms with van der Waals surface area (Å²) < 4.78 is 40.3. The molecule has 2 amide bonds. The smallest absolute Gasteiger partial charge is 0.259 e. The number of halogens is 1. The third kappa shape index (κ3) is 4.26. The molecule has 1 fully saturated rings. The number of nitrogens with one attached hydrogen (secondary N) is 1. The Kier molecular flexibility index (Phi) is 6.20. The number of rotatable bonds is 6. The number of hydrogen-bond acceptors (Lipinski definition) is 6. The fourth-order valence-electron chi connectivity index (χ4n) is 3.03. The molecule has 0 spiro atoms. The van der Waals surface area contributed by atoms with Crippen molar-refractivity contribution in [2.45, 2.75) is 11.1 Å². The first-order valence-corrected chi connectivity index (χ1v) is 10.3. The maximum absolute atomic E-state index is 13.2. The fraction of sp³-hybridized carbons (Fsp3) is 0.278. The van der Waals surface area contributed by atoms with Gasteiger partial charge in [0.1, 0.15) is 5.82 Å². The van der Waals surface area contributed by atoms with Gasteiger partial charge in [0.2, 0.25) is 10.0 Å². The second-order valence-corrected chi connectivity index (χ2v) is 8.15. The minimum absolute atomic E-state index is 0.0162. The second kappa shape index (κ2) is 8.64. The lowest BCUT2D eigenvalue weighted by Crippen LogP contribution is -2.54. The molecule has 1 aromatic heterocycles. The van der Waals surface area contributed by atoms with Gasteiger partial charge < -0.3 is 16.0 Å². The standard InChI is InChI=1S/C18H20FN5O4S/c19-14-1-3-15(4-2-14)29(27,28)24-12-11-23(17(24)16(25)22-10-7-20)18(26)13-5-8-21-9-6-13/h1-6,8-9,17H,7,10-12,20H2,(H,22,25). The Morgan fingerprint density at radius 1 is 1.14 bits per heavy atom. The largest absolute Gasteiger partial charge is 0.352 e. The van der Waals surface area contributed by atoms with E-state index < -0.39 is 33.8 Å². The van der Waals surface area contributed by atoms with Gasteiger partial charge in [0, 0.05) is 44.1 Å². The molecule has 2 heterocycles. The summed E-state index contributed by atoms with van der Waals surface area (Å²) in [7, 11) is -4.15. The van der Waals surface area contributed by atoms with Gasteiger partial charge in [0.05, 0.1) is 4.90 Å². The number of aromatic nitrogens is 1. The zero-order valence-electron chi connectivity index (χ0n) is 15.4. The van der Waals surface area contributed by atoms with Gasteiger partial charge in [0.15, 0.2) is 6.17 Å². The van der Waals surface area contributed by atoms with Crippen LogP contribution in [0.4, 0.5) is 4.39 Å². The molecule has 154 valence electrons. The SMILES string of the molecule is NCCNC(=O)C1N(C(=O)c2ccncc2)CCN1S(=O)(=O)c1ccc(F)cc1. The maximum atomic E-state index is 13.2. The van der Waals surface area contributed by atoms with Crippen LogP contribution in [0.2, 0.25) is 0 Å². The monoisotopic (exact) mass is 421 g/mol. The van der Waals surface area contributed by atoms with Crippen molar-refractivity contribution in [3.63, 3.8) is 0 Å². The molecule has 0 radical (unpaired) electrons. The fourth-order valence-corrected chi connectivity index (χ4v) is 4.58. The highest BCUT2D eigenvalue weighted by molar-refractivity contribution is 7.89. The van der Waals surface area contributed by atoms with Crippen LogP contribution in [0.25, 0.3) is 0 Å². The van der Waals surface area contributed by atoms with E-state index in [0.29, 0.717) is 0 Å². The van der Waals surface area contributed by atoms with Crippen LogP contribution in [0.5, 0.6) is 0 Å². The molecule has 1 aliphatic heterocycles. The molecule has 2 aromatic rings. The molecule has 1 unspecified atom stereocenters. The summed E-state index contributed by atoms with van der Waals surface area (Å²) in [4.78, 5) is 30.5. The zero-order valence-corrected chi connectivity index (χ0v) is 16.2. The first-order valence-electron chi connectivity index (χ1n) is 8.82. The molecule has 0 saturated carbocycles. The van der Waals surface area contributed by atoms with E-state index >= 15 is 0 Å². The summed E-state index contributed by atoms with van der Waals surface area (Å²) in [6.07, 6.45) is 1.47. The Morgan fingerprint density at radius 2 is 1.79 bits per heavy atom. The van der Waals surface area contributed by atoms with E-state index in [9.17, 15) is 22.4 Å². The van der Waals surface area contributed by atoms with Crippen LogP contribution < -0.4 is 11.1 Å². The summed E-state index contributed by atoms with van der Waals surface area (Å²) in [5.74, 6) is -1.75. The average molecular weight is 421 g/mol. The van der Waals surface area contributed by atoms with Crippen LogP contribution in [-0.2, 0) is 14.8 Å². The third-order valence-electron chi connectivity index (χ3n) is 4.42. The van der Waals surface area contributed by atoms with Crippen molar-refractivity contribution < 1.29 is 22.4 Å². The molecule has 1 aromatic carbocycles. The lowest BCUT2D eigenvalue weighted by molar-refractivity contribution is -0.127. The highest BCUT2D eigenvalue weighted by Gasteiger charge is 2.46. The average Bonchev–Trinajstić information content (AvgIpc) is 3.18. The van der Waals surface area contributed by atoms with Gasteiger partial charge in [-0.05, 0) is 36.4 Å². The van der Waals surface area contributed by atoms with Crippen molar-refractivity contribution in [2.75, 3.05) is 26.2 Å². The van der Waals surface area contributed by atoms with Gasteiger partial charge in [-0.15, -0.1) is 0 Å². The Labute approximate surface area is 167 Å². The number of amides is 2. The maximum Gasteiger partial charge on any atom is 0.259 e. The number of carbonyl (C=O) groups is 2. The lowest BCUT2D eigenvalue weighted by atomic mass is 10.2. The number of pyridine rings is 1. The molecule has 3 rings (SSSR count). The highest BCUT2D eigenvalue weighted by atomic mass is 32.2. The van der Waals surface area contributed by atoms with E-state index in [-0.39, 0.29) is 36.6 Å². The molecule has 0 aliphatic carbocycles. The molecule has 29 heavy (non-hydrogen) atoms. The molecule has 3 N–H and O–H groups in total. The van der Waals surface area contributed by atoms with Crippen LogP contribution in [0, 0.1) is 5.82 Å². The molecule has 0 bridgehead atoms. The van der Waals surface area contributed by atoms with E-state index in [1.54, 1.807) is 0 Å². The number of nitrogens with zero attached hydrogens (tertiary/aromatic N) is 3. The minimum atomic E-state index is -4.15. The molecule has 1 atom stereocenters. The summed E-state index contributed by atoms with van der Waals surface area (Å²) in [6.45, 7) is 0.206. The number of nitrogens with two attached hydrogens (primary N) is 1. The number of benzene rings is 1. The highest BCUT2D eigenvalue weighted by Crippen LogP contribution is 2.26. The van der Waals surface area contributed by atoms with Gasteiger partial charge in [-0.1, -0.05) is 0 Å². The Morgan fingerprint density at radius 3 is 2.41 bits per heavy atom. The van der Waals surface area contributed by atoms with Crippen molar-refractivity contribution in [1.82, 2.24) is 19.5 Å². The van der Waals surface area contributed by atoms with Crippen molar-refractivity contribution in [3.8, 4) is 0 Å². The van der Waals surface area contributed by atoms with Gasteiger partial charge in [0.25, 0.3) is 11.8 Å². The normalized spacial score (nSPS) is 17.3. The quantitative estimate of drug-likeness (QED) is 0.664. The molecular formula is C18H20FN5O4S. The van der Waals surface area contributed by atoms with E-state index in [1.165, 1.54) is 29.4 Å². The van der Waals surface area contributed by atoms with Gasteiger partial charge in [-0.3, -0.25) is 14.6 Å². The number of sulfonamides is 1.